The summed E-state index contributed by atoms with van der Waals surface area (Å²) in [5.74, 6) is 1.65. The number of carbonyl (C=O) groups excluding carboxylic acids is 1. The summed E-state index contributed by atoms with van der Waals surface area (Å²) in [6, 6.07) is 13.8. The number of hydrogen-bond donors (Lipinski definition) is 0. The van der Waals surface area contributed by atoms with E-state index in [4.69, 9.17) is 9.47 Å². The Bertz CT molecular complexity index is 806. The Kier molecular flexibility index (Phi) is 7.12. The number of nitrogens with zero attached hydrogens (tertiary/aromatic N) is 2. The highest BCUT2D eigenvalue weighted by Crippen LogP contribution is 2.23. The van der Waals surface area contributed by atoms with Crippen LogP contribution in [0.1, 0.15) is 11.1 Å². The summed E-state index contributed by atoms with van der Waals surface area (Å²) < 4.78 is 11.7. The first-order valence-electron chi connectivity index (χ1n) is 9.24. The number of amides is 1. The average Bonchev–Trinajstić information content (AvgIpc) is 2.73. The van der Waals surface area contributed by atoms with Gasteiger partial charge in [-0.05, 0) is 41.5 Å². The van der Waals surface area contributed by atoms with Gasteiger partial charge in [-0.15, -0.1) is 0 Å². The molecule has 1 fully saturated rings. The van der Waals surface area contributed by atoms with E-state index in [2.05, 4.69) is 20.8 Å². The predicted octanol–water partition coefficient (Wildman–Crippen LogP) is 3.82. The fourth-order valence-corrected chi connectivity index (χ4v) is 3.45. The van der Waals surface area contributed by atoms with Gasteiger partial charge < -0.3 is 14.4 Å². The number of carbonyl (C=O) groups is 1. The fourth-order valence-electron chi connectivity index (χ4n) is 3.19. The van der Waals surface area contributed by atoms with Crippen LogP contribution in [-0.2, 0) is 11.3 Å². The fraction of sp³-hybridized carbons (Fsp3) is 0.318. The zero-order valence-corrected chi connectivity index (χ0v) is 17.8. The highest BCUT2D eigenvalue weighted by molar-refractivity contribution is 9.10. The number of hydrogen-bond acceptors (Lipinski definition) is 4. The summed E-state index contributed by atoms with van der Waals surface area (Å²) >= 11 is 3.42. The largest absolute Gasteiger partial charge is 0.497 e. The molecule has 148 valence electrons. The third kappa shape index (κ3) is 5.59. The first kappa shape index (κ1) is 20.4. The van der Waals surface area contributed by atoms with E-state index in [1.807, 2.05) is 53.4 Å². The number of benzene rings is 2. The van der Waals surface area contributed by atoms with Gasteiger partial charge in [-0.3, -0.25) is 9.69 Å². The third-order valence-electron chi connectivity index (χ3n) is 4.79. The van der Waals surface area contributed by atoms with Gasteiger partial charge in [-0.25, -0.2) is 0 Å². The van der Waals surface area contributed by atoms with Crippen LogP contribution in [0.2, 0.25) is 0 Å². The van der Waals surface area contributed by atoms with E-state index in [9.17, 15) is 4.79 Å². The number of ether oxygens (including phenoxy) is 2. The minimum absolute atomic E-state index is 0.0608. The Balaban J connectivity index is 1.52. The molecule has 0 atom stereocenters. The lowest BCUT2D eigenvalue weighted by Gasteiger charge is -2.34. The van der Waals surface area contributed by atoms with E-state index >= 15 is 0 Å². The van der Waals surface area contributed by atoms with E-state index in [0.717, 1.165) is 59.8 Å². The summed E-state index contributed by atoms with van der Waals surface area (Å²) in [4.78, 5) is 16.7. The molecule has 2 aromatic carbocycles. The van der Waals surface area contributed by atoms with Crippen molar-refractivity contribution in [3.05, 3.63) is 64.1 Å². The molecule has 0 saturated carbocycles. The molecule has 1 amide bonds. The van der Waals surface area contributed by atoms with Crippen LogP contribution in [0.3, 0.4) is 0 Å². The van der Waals surface area contributed by atoms with Crippen LogP contribution in [0.25, 0.3) is 6.08 Å². The highest BCUT2D eigenvalue weighted by atomic mass is 79.9. The maximum absolute atomic E-state index is 12.4. The van der Waals surface area contributed by atoms with Crippen molar-refractivity contribution < 1.29 is 14.3 Å². The zero-order chi connectivity index (χ0) is 19.9. The Morgan fingerprint density at radius 3 is 2.18 bits per heavy atom. The van der Waals surface area contributed by atoms with Crippen molar-refractivity contribution in [1.29, 1.82) is 0 Å². The standard InChI is InChI=1S/C22H25BrN2O3/c1-27-20-13-18(14-21(15-20)28-2)16-24-9-11-25(12-10-24)22(26)8-5-17-3-6-19(23)7-4-17/h3-8,13-15H,9-12,16H2,1-2H3/b8-5+. The maximum atomic E-state index is 12.4. The summed E-state index contributed by atoms with van der Waals surface area (Å²) in [5, 5.41) is 0. The van der Waals surface area contributed by atoms with Gasteiger partial charge in [-0.1, -0.05) is 28.1 Å². The van der Waals surface area contributed by atoms with Crippen molar-refractivity contribution >= 4 is 27.9 Å². The van der Waals surface area contributed by atoms with Crippen molar-refractivity contribution in [2.24, 2.45) is 0 Å². The molecule has 0 aromatic heterocycles. The molecular weight excluding hydrogens is 420 g/mol. The van der Waals surface area contributed by atoms with Gasteiger partial charge in [0.05, 0.1) is 14.2 Å². The van der Waals surface area contributed by atoms with Crippen molar-refractivity contribution in [1.82, 2.24) is 9.80 Å². The Labute approximate surface area is 174 Å². The van der Waals surface area contributed by atoms with Gasteiger partial charge in [0, 0.05) is 49.3 Å². The van der Waals surface area contributed by atoms with E-state index in [1.165, 1.54) is 0 Å². The summed E-state index contributed by atoms with van der Waals surface area (Å²) in [5.41, 5.74) is 2.16. The molecule has 1 aliphatic heterocycles. The smallest absolute Gasteiger partial charge is 0.246 e. The van der Waals surface area contributed by atoms with Crippen LogP contribution in [-0.4, -0.2) is 56.1 Å². The highest BCUT2D eigenvalue weighted by Gasteiger charge is 2.20. The van der Waals surface area contributed by atoms with Gasteiger partial charge in [-0.2, -0.15) is 0 Å². The number of methoxy groups -OCH3 is 2. The van der Waals surface area contributed by atoms with Crippen LogP contribution in [0.15, 0.2) is 53.0 Å². The lowest BCUT2D eigenvalue weighted by molar-refractivity contribution is -0.127. The molecule has 1 aliphatic rings. The van der Waals surface area contributed by atoms with Gasteiger partial charge in [0.25, 0.3) is 0 Å². The first-order chi connectivity index (χ1) is 13.6. The molecule has 0 unspecified atom stereocenters. The minimum Gasteiger partial charge on any atom is -0.497 e. The third-order valence-corrected chi connectivity index (χ3v) is 5.32. The van der Waals surface area contributed by atoms with Crippen LogP contribution >= 0.6 is 15.9 Å². The zero-order valence-electron chi connectivity index (χ0n) is 16.2. The number of rotatable bonds is 6. The molecule has 1 heterocycles. The molecule has 0 N–H and O–H groups in total. The van der Waals surface area contributed by atoms with Crippen LogP contribution in [0.4, 0.5) is 0 Å². The van der Waals surface area contributed by atoms with Crippen molar-refractivity contribution in [3.63, 3.8) is 0 Å². The molecule has 3 rings (SSSR count). The Morgan fingerprint density at radius 1 is 1.00 bits per heavy atom. The molecule has 1 saturated heterocycles. The second-order valence-corrected chi connectivity index (χ2v) is 7.62. The lowest BCUT2D eigenvalue weighted by Crippen LogP contribution is -2.47. The molecule has 2 aromatic rings. The van der Waals surface area contributed by atoms with Crippen molar-refractivity contribution in [3.8, 4) is 11.5 Å². The molecule has 0 spiro atoms. The average molecular weight is 445 g/mol. The van der Waals surface area contributed by atoms with Crippen LogP contribution in [0.5, 0.6) is 11.5 Å². The van der Waals surface area contributed by atoms with Crippen molar-refractivity contribution in [2.45, 2.75) is 6.54 Å². The maximum Gasteiger partial charge on any atom is 0.246 e. The molecule has 0 bridgehead atoms. The van der Waals surface area contributed by atoms with E-state index in [1.54, 1.807) is 20.3 Å². The second kappa shape index (κ2) is 9.75. The number of halogens is 1. The molecule has 6 heteroatoms. The van der Waals surface area contributed by atoms with Gasteiger partial charge in [0.15, 0.2) is 0 Å². The van der Waals surface area contributed by atoms with Crippen molar-refractivity contribution in [2.75, 3.05) is 40.4 Å². The normalized spacial score (nSPS) is 15.0. The molecule has 28 heavy (non-hydrogen) atoms. The van der Waals surface area contributed by atoms with E-state index in [0.29, 0.717) is 0 Å². The first-order valence-corrected chi connectivity index (χ1v) is 10.0. The molecule has 0 radical (unpaired) electrons. The Hall–Kier alpha value is -2.31. The monoisotopic (exact) mass is 444 g/mol. The van der Waals surface area contributed by atoms with Gasteiger partial charge in [0.1, 0.15) is 11.5 Å². The van der Waals surface area contributed by atoms with Gasteiger partial charge >= 0.3 is 0 Å². The summed E-state index contributed by atoms with van der Waals surface area (Å²) in [6.45, 7) is 3.95. The quantitative estimate of drug-likeness (QED) is 0.635. The summed E-state index contributed by atoms with van der Waals surface area (Å²) in [6.07, 6.45) is 3.52. The SMILES string of the molecule is COc1cc(CN2CCN(C(=O)/C=C/c3ccc(Br)cc3)CC2)cc(OC)c1. The topological polar surface area (TPSA) is 42.0 Å². The second-order valence-electron chi connectivity index (χ2n) is 6.71. The van der Waals surface area contributed by atoms with E-state index < -0.39 is 0 Å². The molecule has 5 nitrogen and oxygen atoms in total. The summed E-state index contributed by atoms with van der Waals surface area (Å²) in [7, 11) is 3.31. The van der Waals surface area contributed by atoms with E-state index in [-0.39, 0.29) is 5.91 Å². The lowest BCUT2D eigenvalue weighted by atomic mass is 10.1. The minimum atomic E-state index is 0.0608. The van der Waals surface area contributed by atoms with Crippen LogP contribution < -0.4 is 9.47 Å². The molecule has 0 aliphatic carbocycles. The predicted molar refractivity (Wildman–Crippen MR) is 115 cm³/mol. The number of piperazine rings is 1. The van der Waals surface area contributed by atoms with Crippen LogP contribution in [0, 0.1) is 0 Å². The molecular formula is C22H25BrN2O3. The Morgan fingerprint density at radius 2 is 1.61 bits per heavy atom. The van der Waals surface area contributed by atoms with Gasteiger partial charge in [0.2, 0.25) is 5.91 Å².